The van der Waals surface area contributed by atoms with E-state index in [1.165, 1.54) is 0 Å². The second-order valence-electron chi connectivity index (χ2n) is 2.34. The molecule has 1 heterocycles. The molecule has 0 amide bonds. The number of rotatable bonds is 0. The Balaban J connectivity index is 0.000000810. The first kappa shape index (κ1) is 10.1. The Labute approximate surface area is 64.0 Å². The molecule has 0 aliphatic carbocycles. The summed E-state index contributed by atoms with van der Waals surface area (Å²) >= 11 is 0. The van der Waals surface area contributed by atoms with Gasteiger partial charge in [0.2, 0.25) is 0 Å². The molecule has 2 nitrogen and oxygen atoms in total. The van der Waals surface area contributed by atoms with E-state index in [9.17, 15) is 8.78 Å². The molecule has 2 N–H and O–H groups in total. The van der Waals surface area contributed by atoms with E-state index in [1.807, 2.05) is 0 Å². The second kappa shape index (κ2) is 3.46. The summed E-state index contributed by atoms with van der Waals surface area (Å²) in [6.45, 7) is -0.0142. The summed E-state index contributed by atoms with van der Waals surface area (Å²) in [6, 6.07) is 0. The molecule has 62 valence electrons. The normalized spacial score (nSPS) is 30.9. The number of hydrogen-bond acceptors (Lipinski definition) is 2. The Hall–Kier alpha value is 0.0700. The van der Waals surface area contributed by atoms with Gasteiger partial charge in [-0.1, -0.05) is 0 Å². The molecule has 0 unspecified atom stereocenters. The van der Waals surface area contributed by atoms with Gasteiger partial charge in [0.15, 0.2) is 0 Å². The van der Waals surface area contributed by atoms with Gasteiger partial charge < -0.3 is 10.4 Å². The van der Waals surface area contributed by atoms with Crippen LogP contribution in [0.2, 0.25) is 0 Å². The zero-order valence-electron chi connectivity index (χ0n) is 5.31. The summed E-state index contributed by atoms with van der Waals surface area (Å²) in [4.78, 5) is 0. The largest absolute Gasteiger partial charge is 0.392 e. The summed E-state index contributed by atoms with van der Waals surface area (Å²) in [6.07, 6.45) is -1.28. The van der Waals surface area contributed by atoms with Gasteiger partial charge in [0, 0.05) is 13.0 Å². The van der Waals surface area contributed by atoms with Crippen LogP contribution in [-0.2, 0) is 0 Å². The van der Waals surface area contributed by atoms with E-state index >= 15 is 0 Å². The fourth-order valence-electron chi connectivity index (χ4n) is 0.911. The summed E-state index contributed by atoms with van der Waals surface area (Å²) in [5.74, 6) is -2.71. The molecule has 1 rings (SSSR count). The molecule has 0 aromatic heterocycles. The van der Waals surface area contributed by atoms with Crippen molar-refractivity contribution in [1.82, 2.24) is 5.32 Å². The quantitative estimate of drug-likeness (QED) is 0.556. The Bertz CT molecular complexity index is 112. The first-order valence-corrected chi connectivity index (χ1v) is 2.87. The molecule has 1 saturated heterocycles. The van der Waals surface area contributed by atoms with Gasteiger partial charge in [-0.3, -0.25) is 0 Å². The van der Waals surface area contributed by atoms with Crippen molar-refractivity contribution in [2.75, 3.05) is 13.1 Å². The minimum absolute atomic E-state index is 0. The minimum atomic E-state index is -2.71. The van der Waals surface area contributed by atoms with E-state index in [4.69, 9.17) is 5.11 Å². The summed E-state index contributed by atoms with van der Waals surface area (Å²) in [5.41, 5.74) is 0. The van der Waals surface area contributed by atoms with Gasteiger partial charge in [-0.25, -0.2) is 8.78 Å². The highest BCUT2D eigenvalue weighted by Crippen LogP contribution is 2.21. The Kier molecular flexibility index (Phi) is 3.48. The van der Waals surface area contributed by atoms with E-state index < -0.39 is 18.4 Å². The van der Waals surface area contributed by atoms with Crippen molar-refractivity contribution in [3.63, 3.8) is 0 Å². The van der Waals surface area contributed by atoms with Crippen LogP contribution in [0.25, 0.3) is 0 Å². The van der Waals surface area contributed by atoms with Gasteiger partial charge in [0.25, 0.3) is 5.92 Å². The number of piperidine rings is 1. The molecule has 5 heteroatoms. The smallest absolute Gasteiger partial charge is 0.262 e. The third-order valence-electron chi connectivity index (χ3n) is 1.30. The molecule has 1 atom stereocenters. The van der Waals surface area contributed by atoms with E-state index in [1.54, 1.807) is 0 Å². The van der Waals surface area contributed by atoms with Crippen LogP contribution in [0, 0.1) is 0 Å². The molecule has 0 radical (unpaired) electrons. The molecular weight excluding hydrogens is 164 g/mol. The molecule has 0 aromatic carbocycles. The minimum Gasteiger partial charge on any atom is -0.392 e. The average Bonchev–Trinajstić information content (AvgIpc) is 1.60. The summed E-state index contributed by atoms with van der Waals surface area (Å²) in [5, 5.41) is 11.1. The van der Waals surface area contributed by atoms with Crippen LogP contribution in [0.3, 0.4) is 0 Å². The van der Waals surface area contributed by atoms with Crippen LogP contribution in [0.5, 0.6) is 0 Å². The van der Waals surface area contributed by atoms with Crippen LogP contribution in [-0.4, -0.2) is 30.2 Å². The molecule has 0 bridgehead atoms. The highest BCUT2D eigenvalue weighted by atomic mass is 35.5. The first-order chi connectivity index (χ1) is 4.10. The van der Waals surface area contributed by atoms with Crippen molar-refractivity contribution in [3.05, 3.63) is 0 Å². The average molecular weight is 174 g/mol. The lowest BCUT2D eigenvalue weighted by Crippen LogP contribution is -2.46. The van der Waals surface area contributed by atoms with Gasteiger partial charge in [-0.05, 0) is 0 Å². The van der Waals surface area contributed by atoms with E-state index in [-0.39, 0.29) is 25.5 Å². The molecule has 1 aliphatic rings. The predicted octanol–water partition coefficient (Wildman–Crippen LogP) is 0.398. The lowest BCUT2D eigenvalue weighted by atomic mass is 10.1. The van der Waals surface area contributed by atoms with Gasteiger partial charge in [0.1, 0.15) is 0 Å². The van der Waals surface area contributed by atoms with Crippen molar-refractivity contribution >= 4 is 12.4 Å². The van der Waals surface area contributed by atoms with Crippen LogP contribution in [0.4, 0.5) is 8.78 Å². The third kappa shape index (κ3) is 2.77. The lowest BCUT2D eigenvalue weighted by Gasteiger charge is -2.26. The maximum absolute atomic E-state index is 12.2. The Morgan fingerprint density at radius 2 is 2.10 bits per heavy atom. The van der Waals surface area contributed by atoms with E-state index in [0.717, 1.165) is 0 Å². The van der Waals surface area contributed by atoms with Crippen molar-refractivity contribution in [2.24, 2.45) is 0 Å². The zero-order chi connectivity index (χ0) is 6.91. The van der Waals surface area contributed by atoms with Crippen LogP contribution in [0.15, 0.2) is 0 Å². The highest BCUT2D eigenvalue weighted by molar-refractivity contribution is 5.85. The summed E-state index contributed by atoms with van der Waals surface area (Å²) < 4.78 is 24.5. The predicted molar refractivity (Wildman–Crippen MR) is 35.7 cm³/mol. The zero-order valence-corrected chi connectivity index (χ0v) is 6.13. The molecular formula is C5H10ClF2NO. The van der Waals surface area contributed by atoms with Gasteiger partial charge >= 0.3 is 0 Å². The number of halogens is 3. The monoisotopic (exact) mass is 173 g/mol. The highest BCUT2D eigenvalue weighted by Gasteiger charge is 2.35. The molecule has 0 spiro atoms. The second-order valence-corrected chi connectivity index (χ2v) is 2.34. The van der Waals surface area contributed by atoms with Gasteiger partial charge in [-0.2, -0.15) is 0 Å². The summed E-state index contributed by atoms with van der Waals surface area (Å²) in [7, 11) is 0. The fraction of sp³-hybridized carbons (Fsp3) is 1.00. The van der Waals surface area contributed by atoms with Crippen LogP contribution < -0.4 is 5.32 Å². The van der Waals surface area contributed by atoms with Crippen molar-refractivity contribution in [1.29, 1.82) is 0 Å². The fourth-order valence-corrected chi connectivity index (χ4v) is 0.911. The van der Waals surface area contributed by atoms with Crippen molar-refractivity contribution < 1.29 is 13.9 Å². The number of hydrogen-bond donors (Lipinski definition) is 2. The Morgan fingerprint density at radius 3 is 2.40 bits per heavy atom. The maximum Gasteiger partial charge on any atom is 0.262 e. The molecule has 10 heavy (non-hydrogen) atoms. The van der Waals surface area contributed by atoms with Crippen LogP contribution >= 0.6 is 12.4 Å². The third-order valence-corrected chi connectivity index (χ3v) is 1.30. The molecule has 0 aromatic rings. The number of nitrogens with one attached hydrogen (secondary N) is 1. The lowest BCUT2D eigenvalue weighted by molar-refractivity contribution is -0.0630. The van der Waals surface area contributed by atoms with Crippen molar-refractivity contribution in [3.8, 4) is 0 Å². The first-order valence-electron chi connectivity index (χ1n) is 2.87. The number of β-amino-alcohol motifs (C(OH)–C–C–N with tert-alkyl or cyclic N) is 1. The van der Waals surface area contributed by atoms with Gasteiger partial charge in [-0.15, -0.1) is 12.4 Å². The van der Waals surface area contributed by atoms with E-state index in [2.05, 4.69) is 5.32 Å². The number of aliphatic hydroxyl groups excluding tert-OH is 1. The Morgan fingerprint density at radius 1 is 1.50 bits per heavy atom. The van der Waals surface area contributed by atoms with E-state index in [0.29, 0.717) is 0 Å². The molecule has 1 fully saturated rings. The maximum atomic E-state index is 12.2. The number of alkyl halides is 2. The SMILES string of the molecule is Cl.O[C@H]1CNCC(F)(F)C1. The van der Waals surface area contributed by atoms with Crippen LogP contribution in [0.1, 0.15) is 6.42 Å². The number of aliphatic hydroxyl groups is 1. The van der Waals surface area contributed by atoms with Crippen molar-refractivity contribution in [2.45, 2.75) is 18.4 Å². The van der Waals surface area contributed by atoms with Gasteiger partial charge in [0.05, 0.1) is 12.6 Å². The standard InChI is InChI=1S/C5H9F2NO.ClH/c6-5(7)1-4(9)2-8-3-5;/h4,8-9H,1-3H2;1H/t4-;/m1./s1. The topological polar surface area (TPSA) is 32.3 Å². The molecule has 1 aliphatic heterocycles. The molecule has 0 saturated carbocycles.